The van der Waals surface area contributed by atoms with Crippen molar-refractivity contribution in [1.29, 1.82) is 0 Å². The number of benzene rings is 1. The van der Waals surface area contributed by atoms with Gasteiger partial charge >= 0.3 is 0 Å². The molecule has 1 aromatic rings. The molecule has 4 atom stereocenters. The van der Waals surface area contributed by atoms with Gasteiger partial charge < -0.3 is 10.2 Å². The zero-order valence-electron chi connectivity index (χ0n) is 13.9. The maximum Gasteiger partial charge on any atom is 0.260 e. The van der Waals surface area contributed by atoms with Gasteiger partial charge in [0, 0.05) is 39.8 Å². The number of hydrogen-bond donors (Lipinski definition) is 1. The molecular formula is C19H26N3O+. The van der Waals surface area contributed by atoms with Gasteiger partial charge in [-0.05, 0) is 57.3 Å². The summed E-state index contributed by atoms with van der Waals surface area (Å²) in [6.45, 7) is 6.87. The van der Waals surface area contributed by atoms with Crippen LogP contribution in [0, 0.1) is 16.7 Å². The molecule has 5 aliphatic rings. The van der Waals surface area contributed by atoms with Gasteiger partial charge in [0.2, 0.25) is 6.04 Å². The third-order valence-corrected chi connectivity index (χ3v) is 6.93. The van der Waals surface area contributed by atoms with Gasteiger partial charge in [0.05, 0.1) is 5.92 Å². The fourth-order valence-electron chi connectivity index (χ4n) is 5.79. The molecule has 5 heterocycles. The van der Waals surface area contributed by atoms with Crippen LogP contribution in [0.15, 0.2) is 18.2 Å². The number of fused-ring (bicyclic) bond motifs is 3. The maximum absolute atomic E-state index is 13.2. The highest BCUT2D eigenvalue weighted by molar-refractivity contribution is 5.52. The lowest BCUT2D eigenvalue weighted by atomic mass is 9.71. The summed E-state index contributed by atoms with van der Waals surface area (Å²) in [5.74, 6) is 1.73. The number of rotatable bonds is 1. The highest BCUT2D eigenvalue weighted by Gasteiger charge is 2.56. The topological polar surface area (TPSA) is 35.4 Å². The minimum Gasteiger partial charge on any atom is -0.310 e. The van der Waals surface area contributed by atoms with Crippen molar-refractivity contribution in [3.63, 3.8) is 0 Å². The van der Waals surface area contributed by atoms with E-state index in [1.54, 1.807) is 0 Å². The van der Waals surface area contributed by atoms with Crippen molar-refractivity contribution in [2.75, 3.05) is 26.2 Å². The fourth-order valence-corrected chi connectivity index (χ4v) is 5.79. The van der Waals surface area contributed by atoms with Crippen LogP contribution in [0.25, 0.3) is 0 Å². The normalized spacial score (nSPS) is 41.7. The number of hydrogen-bond acceptors (Lipinski definition) is 3. The number of piperidine rings is 3. The standard InChI is InChI=1S/C19H26N3O/c1-12-14-3-2-4-17-18(14)15(5-8-20-12)19(22(17)23)16-11-21-9-6-13(16)7-10-21/h2-4,12-13,15-16,19-20H,5-11H2,1H3/q+1/t12?,15?,16?,19-/m1/s1. The van der Waals surface area contributed by atoms with Crippen LogP contribution in [-0.2, 0) is 0 Å². The third-order valence-electron chi connectivity index (χ3n) is 6.93. The van der Waals surface area contributed by atoms with E-state index in [-0.39, 0.29) is 6.04 Å². The SMILES string of the molecule is CC1NCCC2c3c1cccc3[N+](=O)[C@H]2C1CN2CCC1CC2. The van der Waals surface area contributed by atoms with Gasteiger partial charge in [-0.15, -0.1) is 0 Å². The van der Waals surface area contributed by atoms with Crippen LogP contribution in [0.1, 0.15) is 49.3 Å². The van der Waals surface area contributed by atoms with E-state index in [0.29, 0.717) is 17.9 Å². The van der Waals surface area contributed by atoms with Crippen molar-refractivity contribution < 1.29 is 4.76 Å². The first-order valence-electron chi connectivity index (χ1n) is 9.29. The van der Waals surface area contributed by atoms with Crippen LogP contribution in [0.5, 0.6) is 0 Å². The average molecular weight is 312 g/mol. The quantitative estimate of drug-likeness (QED) is 0.810. The Bertz CT molecular complexity index is 650. The van der Waals surface area contributed by atoms with E-state index in [1.807, 2.05) is 0 Å². The van der Waals surface area contributed by atoms with E-state index >= 15 is 0 Å². The summed E-state index contributed by atoms with van der Waals surface area (Å²) < 4.78 is 1.41. The van der Waals surface area contributed by atoms with Crippen molar-refractivity contribution in [2.24, 2.45) is 11.8 Å². The first-order valence-corrected chi connectivity index (χ1v) is 9.29. The summed E-state index contributed by atoms with van der Waals surface area (Å²) in [6.07, 6.45) is 3.68. The van der Waals surface area contributed by atoms with E-state index in [1.165, 1.54) is 41.8 Å². The Kier molecular flexibility index (Phi) is 3.14. The smallest absolute Gasteiger partial charge is 0.260 e. The van der Waals surface area contributed by atoms with Crippen molar-refractivity contribution >= 4 is 5.69 Å². The second-order valence-corrected chi connectivity index (χ2v) is 7.97. The molecule has 4 nitrogen and oxygen atoms in total. The molecule has 0 amide bonds. The third kappa shape index (κ3) is 1.97. The number of nitrogens with one attached hydrogen (secondary N) is 1. The summed E-state index contributed by atoms with van der Waals surface area (Å²) >= 11 is 0. The van der Waals surface area contributed by atoms with E-state index in [4.69, 9.17) is 0 Å². The number of nitrogens with zero attached hydrogens (tertiary/aromatic N) is 2. The Balaban J connectivity index is 1.59. The van der Waals surface area contributed by atoms with Gasteiger partial charge in [-0.3, -0.25) is 0 Å². The lowest BCUT2D eigenvalue weighted by Crippen LogP contribution is -2.53. The Morgan fingerprint density at radius 3 is 2.78 bits per heavy atom. The maximum atomic E-state index is 13.2. The molecule has 0 aromatic heterocycles. The highest BCUT2D eigenvalue weighted by Crippen LogP contribution is 2.51. The van der Waals surface area contributed by atoms with Gasteiger partial charge in [-0.1, -0.05) is 12.1 Å². The van der Waals surface area contributed by atoms with Gasteiger partial charge in [-0.2, -0.15) is 0 Å². The fraction of sp³-hybridized carbons (Fsp3) is 0.684. The molecule has 23 heavy (non-hydrogen) atoms. The van der Waals surface area contributed by atoms with Gasteiger partial charge in [0.15, 0.2) is 0 Å². The van der Waals surface area contributed by atoms with Crippen LogP contribution >= 0.6 is 0 Å². The summed E-state index contributed by atoms with van der Waals surface area (Å²) in [5.41, 5.74) is 3.68. The molecule has 0 spiro atoms. The summed E-state index contributed by atoms with van der Waals surface area (Å²) in [7, 11) is 0. The molecule has 0 aliphatic carbocycles. The molecule has 0 radical (unpaired) electrons. The van der Waals surface area contributed by atoms with Gasteiger partial charge in [0.25, 0.3) is 5.69 Å². The lowest BCUT2D eigenvalue weighted by Gasteiger charge is -2.45. The Labute approximate surface area is 137 Å². The molecule has 0 saturated carbocycles. The largest absolute Gasteiger partial charge is 0.310 e. The second kappa shape index (κ2) is 5.12. The van der Waals surface area contributed by atoms with Crippen LogP contribution in [0.3, 0.4) is 0 Å². The summed E-state index contributed by atoms with van der Waals surface area (Å²) in [6, 6.07) is 6.86. The molecule has 1 aromatic carbocycles. The van der Waals surface area contributed by atoms with E-state index in [9.17, 15) is 4.91 Å². The van der Waals surface area contributed by atoms with E-state index < -0.39 is 0 Å². The van der Waals surface area contributed by atoms with Crippen LogP contribution in [0.4, 0.5) is 5.69 Å². The average Bonchev–Trinajstić information content (AvgIpc) is 2.77. The summed E-state index contributed by atoms with van der Waals surface area (Å²) in [5, 5.41) is 3.63. The Morgan fingerprint density at radius 1 is 1.22 bits per heavy atom. The van der Waals surface area contributed by atoms with Crippen molar-refractivity contribution in [1.82, 2.24) is 10.2 Å². The first-order chi connectivity index (χ1) is 11.2. The first kappa shape index (κ1) is 14.1. The lowest BCUT2D eigenvalue weighted by molar-refractivity contribution is -0.513. The number of nitroso groups, excluding NO2 is 1. The molecule has 122 valence electrons. The minimum atomic E-state index is 0.159. The molecule has 2 bridgehead atoms. The van der Waals surface area contributed by atoms with Gasteiger partial charge in [-0.25, -0.2) is 0 Å². The molecule has 6 rings (SSSR count). The van der Waals surface area contributed by atoms with Crippen molar-refractivity contribution in [2.45, 2.75) is 44.2 Å². The molecular weight excluding hydrogens is 286 g/mol. The second-order valence-electron chi connectivity index (χ2n) is 7.97. The van der Waals surface area contributed by atoms with E-state index in [0.717, 1.165) is 31.1 Å². The molecule has 5 aliphatic heterocycles. The molecule has 3 saturated heterocycles. The Hall–Kier alpha value is -1.26. The van der Waals surface area contributed by atoms with E-state index in [2.05, 4.69) is 35.3 Å². The van der Waals surface area contributed by atoms with Crippen LogP contribution in [-0.4, -0.2) is 41.9 Å². The molecule has 3 unspecified atom stereocenters. The zero-order valence-corrected chi connectivity index (χ0v) is 13.9. The Morgan fingerprint density at radius 2 is 2.04 bits per heavy atom. The van der Waals surface area contributed by atoms with Crippen LogP contribution < -0.4 is 5.32 Å². The monoisotopic (exact) mass is 312 g/mol. The summed E-state index contributed by atoms with van der Waals surface area (Å²) in [4.78, 5) is 15.8. The predicted molar refractivity (Wildman–Crippen MR) is 89.9 cm³/mol. The van der Waals surface area contributed by atoms with Crippen molar-refractivity contribution in [3.8, 4) is 0 Å². The van der Waals surface area contributed by atoms with Crippen molar-refractivity contribution in [3.05, 3.63) is 34.2 Å². The van der Waals surface area contributed by atoms with Gasteiger partial charge in [0.1, 0.15) is 0 Å². The minimum absolute atomic E-state index is 0.159. The predicted octanol–water partition coefficient (Wildman–Crippen LogP) is 2.96. The molecule has 3 fully saturated rings. The zero-order chi connectivity index (χ0) is 15.6. The molecule has 4 heteroatoms. The highest BCUT2D eigenvalue weighted by atomic mass is 16.3. The van der Waals surface area contributed by atoms with Crippen LogP contribution in [0.2, 0.25) is 0 Å². The molecule has 1 N–H and O–H groups in total.